The van der Waals surface area contributed by atoms with E-state index in [2.05, 4.69) is 5.32 Å². The molecule has 0 spiro atoms. The maximum atomic E-state index is 14.1. The van der Waals surface area contributed by atoms with Crippen LogP contribution in [0, 0.1) is 11.3 Å². The van der Waals surface area contributed by atoms with Crippen LogP contribution < -0.4 is 10.9 Å². The van der Waals surface area contributed by atoms with E-state index in [-0.39, 0.29) is 61.3 Å². The molecule has 5 aromatic rings. The molecular weight excluding hydrogens is 590 g/mol. The van der Waals surface area contributed by atoms with Gasteiger partial charge in [-0.1, -0.05) is 24.3 Å². The molecule has 13 heteroatoms. The Morgan fingerprint density at radius 2 is 1.43 bits per heavy atom. The lowest BCUT2D eigenvalue weighted by Crippen LogP contribution is -2.26. The number of carboxylic acid groups (broad SMARTS) is 2. The van der Waals surface area contributed by atoms with E-state index in [1.165, 1.54) is 42.5 Å². The average molecular weight is 608 g/mol. The van der Waals surface area contributed by atoms with Gasteiger partial charge in [0, 0.05) is 27.9 Å². The number of nitrogens with one attached hydrogen (secondary N) is 1. The highest BCUT2D eigenvalue weighted by atomic mass is 32.2. The summed E-state index contributed by atoms with van der Waals surface area (Å²) in [7, 11) is -4.53. The van der Waals surface area contributed by atoms with E-state index in [4.69, 9.17) is 0 Å². The highest BCUT2D eigenvalue weighted by Gasteiger charge is 2.32. The Labute approximate surface area is 247 Å². The molecule has 0 amide bonds. The molecule has 0 saturated carbocycles. The van der Waals surface area contributed by atoms with Gasteiger partial charge in [-0.3, -0.25) is 18.7 Å². The average Bonchev–Trinajstić information content (AvgIpc) is 2.99. The third-order valence-corrected chi connectivity index (χ3v) is 8.09. The Hall–Kier alpha value is -6.10. The number of hydrogen-bond acceptors (Lipinski definition) is 8. The van der Waals surface area contributed by atoms with E-state index in [0.717, 1.165) is 22.8 Å². The zero-order chi connectivity index (χ0) is 31.5. The van der Waals surface area contributed by atoms with Crippen LogP contribution in [0.15, 0.2) is 88.6 Å². The van der Waals surface area contributed by atoms with Crippen molar-refractivity contribution in [2.75, 3.05) is 5.32 Å². The van der Waals surface area contributed by atoms with Gasteiger partial charge in [-0.05, 0) is 60.2 Å². The molecule has 1 aliphatic carbocycles. The van der Waals surface area contributed by atoms with Crippen LogP contribution in [-0.2, 0) is 10.1 Å². The van der Waals surface area contributed by atoms with Crippen molar-refractivity contribution in [3.8, 4) is 22.9 Å². The number of aromatic nitrogens is 1. The fourth-order valence-corrected chi connectivity index (χ4v) is 5.84. The molecular formula is C31H17N3O9S. The van der Waals surface area contributed by atoms with E-state index in [1.54, 1.807) is 18.2 Å². The minimum atomic E-state index is -4.53. The van der Waals surface area contributed by atoms with Crippen LogP contribution in [0.2, 0.25) is 0 Å². The molecule has 0 aliphatic heterocycles. The fourth-order valence-electron chi connectivity index (χ4n) is 5.36. The summed E-state index contributed by atoms with van der Waals surface area (Å²) >= 11 is 0. The lowest BCUT2D eigenvalue weighted by atomic mass is 9.81. The molecule has 1 aromatic heterocycles. The summed E-state index contributed by atoms with van der Waals surface area (Å²) in [5.41, 5.74) is -0.355. The molecule has 0 atom stereocenters. The van der Waals surface area contributed by atoms with Crippen molar-refractivity contribution >= 4 is 50.1 Å². The lowest BCUT2D eigenvalue weighted by molar-refractivity contribution is 0.0696. The first-order chi connectivity index (χ1) is 20.9. The van der Waals surface area contributed by atoms with E-state index in [0.29, 0.717) is 5.56 Å². The number of nitriles is 1. The minimum absolute atomic E-state index is 0.0357. The van der Waals surface area contributed by atoms with E-state index in [9.17, 15) is 47.6 Å². The molecule has 1 aliphatic rings. The number of anilines is 2. The van der Waals surface area contributed by atoms with Crippen LogP contribution in [-0.4, -0.2) is 45.5 Å². The van der Waals surface area contributed by atoms with Gasteiger partial charge in [0.25, 0.3) is 15.7 Å². The first-order valence-corrected chi connectivity index (χ1v) is 14.1. The summed E-state index contributed by atoms with van der Waals surface area (Å²) < 4.78 is 33.7. The van der Waals surface area contributed by atoms with E-state index < -0.39 is 38.3 Å². The van der Waals surface area contributed by atoms with Gasteiger partial charge in [0.1, 0.15) is 11.6 Å². The molecule has 0 bridgehead atoms. The Morgan fingerprint density at radius 3 is 2.00 bits per heavy atom. The molecule has 0 radical (unpaired) electrons. The number of carboxylic acids is 2. The molecule has 216 valence electrons. The van der Waals surface area contributed by atoms with Gasteiger partial charge in [-0.15, -0.1) is 0 Å². The number of pyridine rings is 1. The van der Waals surface area contributed by atoms with Crippen LogP contribution >= 0.6 is 0 Å². The molecule has 4 aromatic carbocycles. The quantitative estimate of drug-likeness (QED) is 0.195. The number of rotatable bonds is 6. The number of hydrogen-bond donors (Lipinski definition) is 4. The van der Waals surface area contributed by atoms with Crippen molar-refractivity contribution in [3.05, 3.63) is 117 Å². The highest BCUT2D eigenvalue weighted by molar-refractivity contribution is 7.85. The number of carbonyl (C=O) groups excluding carboxylic acids is 1. The lowest BCUT2D eigenvalue weighted by Gasteiger charge is -2.25. The van der Waals surface area contributed by atoms with Gasteiger partial charge in [0.05, 0.1) is 32.8 Å². The van der Waals surface area contributed by atoms with Crippen LogP contribution in [0.1, 0.15) is 42.2 Å². The zero-order valence-corrected chi connectivity index (χ0v) is 22.9. The molecule has 44 heavy (non-hydrogen) atoms. The number of carbonyl (C=O) groups is 3. The SMILES string of the molecule is N#Cc1c2c3c(c(Nc4cc(C(=O)O)cc(C(=O)O)c4)ccc3n(-c3ccc(S(=O)(=O)O)cc3)c1=O)C(=O)c1ccccc1-2. The first-order valence-electron chi connectivity index (χ1n) is 12.7. The number of fused-ring (bicyclic) bond motifs is 2. The summed E-state index contributed by atoms with van der Waals surface area (Å²) in [4.78, 5) is 50.8. The molecule has 1 heterocycles. The summed E-state index contributed by atoms with van der Waals surface area (Å²) in [6.45, 7) is 0. The third kappa shape index (κ3) is 4.38. The Balaban J connectivity index is 1.69. The van der Waals surface area contributed by atoms with Crippen molar-refractivity contribution < 1.29 is 37.6 Å². The van der Waals surface area contributed by atoms with Crippen LogP contribution in [0.3, 0.4) is 0 Å². The van der Waals surface area contributed by atoms with Crippen molar-refractivity contribution in [2.45, 2.75) is 4.90 Å². The maximum absolute atomic E-state index is 14.1. The second-order valence-corrected chi connectivity index (χ2v) is 11.2. The minimum Gasteiger partial charge on any atom is -0.478 e. The second kappa shape index (κ2) is 10.0. The van der Waals surface area contributed by atoms with Crippen molar-refractivity contribution in [2.24, 2.45) is 0 Å². The topological polar surface area (TPSA) is 204 Å². The summed E-state index contributed by atoms with van der Waals surface area (Å²) in [6, 6.07) is 19.4. The van der Waals surface area contributed by atoms with Crippen LogP contribution in [0.4, 0.5) is 11.4 Å². The Morgan fingerprint density at radius 1 is 0.818 bits per heavy atom. The molecule has 12 nitrogen and oxygen atoms in total. The third-order valence-electron chi connectivity index (χ3n) is 7.22. The van der Waals surface area contributed by atoms with Gasteiger partial charge >= 0.3 is 11.9 Å². The zero-order valence-electron chi connectivity index (χ0n) is 22.1. The molecule has 0 saturated heterocycles. The molecule has 0 fully saturated rings. The van der Waals surface area contributed by atoms with Gasteiger partial charge < -0.3 is 15.5 Å². The van der Waals surface area contributed by atoms with Crippen molar-refractivity contribution in [3.63, 3.8) is 0 Å². The summed E-state index contributed by atoms with van der Waals surface area (Å²) in [5, 5.41) is 32.4. The van der Waals surface area contributed by atoms with E-state index >= 15 is 0 Å². The maximum Gasteiger partial charge on any atom is 0.335 e. The molecule has 6 rings (SSSR count). The number of aromatic carboxylic acids is 2. The highest BCUT2D eigenvalue weighted by Crippen LogP contribution is 2.44. The van der Waals surface area contributed by atoms with Crippen molar-refractivity contribution in [1.82, 2.24) is 4.57 Å². The van der Waals surface area contributed by atoms with Gasteiger partial charge in [0.15, 0.2) is 5.78 Å². The normalized spacial score (nSPS) is 12.0. The number of nitrogens with zero attached hydrogens (tertiary/aromatic N) is 2. The van der Waals surface area contributed by atoms with Crippen LogP contribution in [0.25, 0.3) is 27.7 Å². The fraction of sp³-hybridized carbons (Fsp3) is 0. The summed E-state index contributed by atoms with van der Waals surface area (Å²) in [6.07, 6.45) is 0. The van der Waals surface area contributed by atoms with Crippen LogP contribution in [0.5, 0.6) is 0 Å². The number of ketones is 1. The second-order valence-electron chi connectivity index (χ2n) is 9.76. The molecule has 0 unspecified atom stereocenters. The Kier molecular flexibility index (Phi) is 6.38. The molecule has 4 N–H and O–H groups in total. The standard InChI is InChI=1S/C31H17N3O9S/c32-14-22-25-20-3-1-2-4-21(20)28(35)26-23(33-17-12-15(30(37)38)11-16(13-17)31(39)40)9-10-24(27(25)26)34(29(22)36)18-5-7-19(8-6-18)44(41,42)43/h1-13,33H,(H,37,38)(H,39,40)(H,41,42,43). The van der Waals surface area contributed by atoms with Crippen molar-refractivity contribution in [1.29, 1.82) is 5.26 Å². The van der Waals surface area contributed by atoms with Gasteiger partial charge in [0.2, 0.25) is 0 Å². The van der Waals surface area contributed by atoms with Gasteiger partial charge in [-0.2, -0.15) is 13.7 Å². The predicted molar refractivity (Wildman–Crippen MR) is 157 cm³/mol. The summed E-state index contributed by atoms with van der Waals surface area (Å²) in [5.74, 6) is -3.22. The van der Waals surface area contributed by atoms with E-state index in [1.807, 2.05) is 6.07 Å². The Bertz CT molecular complexity index is 2300. The first kappa shape index (κ1) is 28.0. The predicted octanol–water partition coefficient (Wildman–Crippen LogP) is 4.46. The monoisotopic (exact) mass is 607 g/mol. The number of benzene rings is 4. The largest absolute Gasteiger partial charge is 0.478 e. The smallest absolute Gasteiger partial charge is 0.335 e. The van der Waals surface area contributed by atoms with Gasteiger partial charge in [-0.25, -0.2) is 9.59 Å².